The van der Waals surface area contributed by atoms with Crippen LogP contribution in [0.15, 0.2) is 213 Å². The molecule has 84 heavy (non-hydrogen) atoms. The van der Waals surface area contributed by atoms with Gasteiger partial charge in [-0.3, -0.25) is 0 Å². The number of benzene rings is 11. The van der Waals surface area contributed by atoms with Gasteiger partial charge in [0.25, 0.3) is 0 Å². The molecule has 14 rings (SSSR count). The van der Waals surface area contributed by atoms with Gasteiger partial charge in [-0.15, -0.1) is 0 Å². The van der Waals surface area contributed by atoms with Gasteiger partial charge in [-0.2, -0.15) is 0 Å². The third-order valence-electron chi connectivity index (χ3n) is 17.1. The van der Waals surface area contributed by atoms with E-state index in [1.165, 1.54) is 61.3 Å². The highest BCUT2D eigenvalue weighted by molar-refractivity contribution is 6.12. The lowest BCUT2D eigenvalue weighted by molar-refractivity contribution is 0.668. The third kappa shape index (κ3) is 8.99. The molecule has 3 aromatic heterocycles. The van der Waals surface area contributed by atoms with Crippen LogP contribution in [-0.2, 0) is 0 Å². The Bertz CT molecular complexity index is 4930. The number of fused-ring (bicyclic) bond motifs is 9. The summed E-state index contributed by atoms with van der Waals surface area (Å²) in [5, 5.41) is 6.25. The summed E-state index contributed by atoms with van der Waals surface area (Å²) in [6.45, 7) is 21.7. The van der Waals surface area contributed by atoms with Gasteiger partial charge in [0.15, 0.2) is 0 Å². The van der Waals surface area contributed by atoms with Gasteiger partial charge in [0, 0.05) is 102 Å². The molecular weight excluding hydrogens is 1030 g/mol. The van der Waals surface area contributed by atoms with Crippen LogP contribution in [0.2, 0.25) is 0 Å². The van der Waals surface area contributed by atoms with Crippen LogP contribution in [0.5, 0.6) is 0 Å². The highest BCUT2D eigenvalue weighted by Crippen LogP contribution is 2.47. The van der Waals surface area contributed by atoms with E-state index in [0.29, 0.717) is 0 Å². The average Bonchev–Trinajstić information content (AvgIpc) is 2.22. The summed E-state index contributed by atoms with van der Waals surface area (Å²) < 4.78 is 20.0. The maximum Gasteiger partial charge on any atom is 0.135 e. The Balaban J connectivity index is 0.901. The predicted octanol–water partition coefficient (Wildman–Crippen LogP) is 22.6. The number of aryl methyl sites for hydroxylation is 10. The van der Waals surface area contributed by atoms with E-state index < -0.39 is 0 Å². The molecule has 0 bridgehead atoms. The summed E-state index contributed by atoms with van der Waals surface area (Å²) in [6, 6.07) is 73.0. The van der Waals surface area contributed by atoms with Crippen LogP contribution in [0.3, 0.4) is 0 Å². The lowest BCUT2D eigenvalue weighted by Gasteiger charge is -2.29. The summed E-state index contributed by atoms with van der Waals surface area (Å²) in [7, 11) is 2.14. The molecule has 7 heteroatoms. The van der Waals surface area contributed by atoms with E-state index in [4.69, 9.17) is 13.3 Å². The van der Waals surface area contributed by atoms with Gasteiger partial charge < -0.3 is 32.9 Å². The second-order valence-corrected chi connectivity index (χ2v) is 23.4. The fraction of sp³-hybridized carbons (Fsp3) is 0.143. The van der Waals surface area contributed by atoms with Gasteiger partial charge in [0.2, 0.25) is 0 Å². The van der Waals surface area contributed by atoms with Crippen molar-refractivity contribution >= 4 is 128 Å². The lowest BCUT2D eigenvalue weighted by Crippen LogP contribution is -2.13. The lowest BCUT2D eigenvalue weighted by atomic mass is 10.0. The molecular formula is C77H66N4O3. The first-order valence-corrected chi connectivity index (χ1v) is 29.0. The first-order chi connectivity index (χ1) is 40.6. The molecule has 11 aromatic carbocycles. The van der Waals surface area contributed by atoms with Crippen LogP contribution in [-0.4, -0.2) is 7.05 Å². The van der Waals surface area contributed by atoms with E-state index in [1.54, 1.807) is 0 Å². The zero-order chi connectivity index (χ0) is 57.8. The third-order valence-corrected chi connectivity index (χ3v) is 17.1. The smallest absolute Gasteiger partial charge is 0.135 e. The normalized spacial score (nSPS) is 11.8. The van der Waals surface area contributed by atoms with Crippen molar-refractivity contribution in [2.24, 2.45) is 0 Å². The Labute approximate surface area is 490 Å². The minimum absolute atomic E-state index is 0.818. The number of anilines is 11. The molecule has 0 atom stereocenters. The topological polar surface area (TPSA) is 52.4 Å². The number of rotatable bonds is 11. The second kappa shape index (κ2) is 20.2. The average molecular weight is 1100 g/mol. The largest absolute Gasteiger partial charge is 0.456 e. The van der Waals surface area contributed by atoms with Crippen molar-refractivity contribution in [1.29, 1.82) is 0 Å². The molecule has 0 saturated carbocycles. The molecule has 3 heterocycles. The van der Waals surface area contributed by atoms with Crippen LogP contribution >= 0.6 is 0 Å². The molecule has 412 valence electrons. The highest BCUT2D eigenvalue weighted by Gasteiger charge is 2.24. The number of nitrogens with zero attached hydrogens (tertiary/aromatic N) is 4. The van der Waals surface area contributed by atoms with Crippen molar-refractivity contribution in [2.75, 3.05) is 26.6 Å². The molecule has 0 radical (unpaired) electrons. The quantitative estimate of drug-likeness (QED) is 0.128. The minimum atomic E-state index is 0.818. The van der Waals surface area contributed by atoms with Gasteiger partial charge in [-0.05, 0) is 237 Å². The van der Waals surface area contributed by atoms with Gasteiger partial charge in [0.05, 0.1) is 0 Å². The molecule has 0 aliphatic rings. The predicted molar refractivity (Wildman–Crippen MR) is 354 cm³/mol. The van der Waals surface area contributed by atoms with E-state index in [9.17, 15) is 0 Å². The van der Waals surface area contributed by atoms with E-state index in [1.807, 2.05) is 0 Å². The highest BCUT2D eigenvalue weighted by atomic mass is 16.3. The molecule has 0 fully saturated rings. The molecule has 0 aliphatic carbocycles. The standard InChI is InChI=1S/C77H66N4O3/c1-45-12-23-67(50(6)34-45)78(11)55-17-28-72-61(39-55)62-40-56(18-29-73(62)82-72)79(68-24-13-46(2)35-51(68)7)57-19-30-74-63(41-57)64-42-58(20-31-75(64)83-74)80(69-25-14-47(3)36-52(69)8)59-21-32-76-65(43-59)66-44-60(22-33-77(66)84-76)81(70-26-15-48(4)37-53(70)9)71-27-16-49(5)38-54(71)10/h12-44H,1-11H3. The van der Waals surface area contributed by atoms with Gasteiger partial charge in [0.1, 0.15) is 33.5 Å². The molecule has 0 aliphatic heterocycles. The molecule has 0 amide bonds. The molecule has 14 aromatic rings. The van der Waals surface area contributed by atoms with Crippen molar-refractivity contribution in [3.8, 4) is 0 Å². The Morgan fingerprint density at radius 2 is 0.429 bits per heavy atom. The number of furan rings is 3. The first-order valence-electron chi connectivity index (χ1n) is 29.0. The van der Waals surface area contributed by atoms with E-state index >= 15 is 0 Å². The summed E-state index contributed by atoms with van der Waals surface area (Å²) >= 11 is 0. The van der Waals surface area contributed by atoms with E-state index in [0.717, 1.165) is 123 Å². The molecule has 0 saturated heterocycles. The van der Waals surface area contributed by atoms with Crippen molar-refractivity contribution in [1.82, 2.24) is 0 Å². The summed E-state index contributed by atoms with van der Waals surface area (Å²) in [5.74, 6) is 0. The molecule has 0 N–H and O–H groups in total. The van der Waals surface area contributed by atoms with E-state index in [2.05, 4.69) is 296 Å². The number of hydrogen-bond acceptors (Lipinski definition) is 7. The van der Waals surface area contributed by atoms with Crippen molar-refractivity contribution in [3.63, 3.8) is 0 Å². The van der Waals surface area contributed by atoms with Gasteiger partial charge in [-0.1, -0.05) is 88.5 Å². The molecule has 7 nitrogen and oxygen atoms in total. The Morgan fingerprint density at radius 3 is 0.690 bits per heavy atom. The zero-order valence-electron chi connectivity index (χ0n) is 49.6. The summed E-state index contributed by atoms with van der Waals surface area (Å²) in [6.07, 6.45) is 0. The van der Waals surface area contributed by atoms with Gasteiger partial charge >= 0.3 is 0 Å². The fourth-order valence-corrected chi connectivity index (χ4v) is 13.0. The maximum absolute atomic E-state index is 6.74. The summed E-state index contributed by atoms with van der Waals surface area (Å²) in [5.41, 5.74) is 29.0. The minimum Gasteiger partial charge on any atom is -0.456 e. The summed E-state index contributed by atoms with van der Waals surface area (Å²) in [4.78, 5) is 9.42. The van der Waals surface area contributed by atoms with Gasteiger partial charge in [-0.25, -0.2) is 0 Å². The Morgan fingerprint density at radius 1 is 0.214 bits per heavy atom. The van der Waals surface area contributed by atoms with Crippen LogP contribution in [0.25, 0.3) is 65.8 Å². The Hall–Kier alpha value is -9.98. The molecule has 0 spiro atoms. The number of hydrogen-bond donors (Lipinski definition) is 0. The van der Waals surface area contributed by atoms with Crippen molar-refractivity contribution < 1.29 is 13.3 Å². The van der Waals surface area contributed by atoms with Crippen molar-refractivity contribution in [3.05, 3.63) is 256 Å². The van der Waals surface area contributed by atoms with Crippen LogP contribution < -0.4 is 19.6 Å². The molecule has 0 unspecified atom stereocenters. The van der Waals surface area contributed by atoms with E-state index in [-0.39, 0.29) is 0 Å². The zero-order valence-corrected chi connectivity index (χ0v) is 49.6. The maximum atomic E-state index is 6.74. The first kappa shape index (κ1) is 52.1. The van der Waals surface area contributed by atoms with Crippen LogP contribution in [0.1, 0.15) is 55.6 Å². The monoisotopic (exact) mass is 1090 g/mol. The van der Waals surface area contributed by atoms with Crippen LogP contribution in [0, 0.1) is 69.2 Å². The van der Waals surface area contributed by atoms with Crippen LogP contribution in [0.4, 0.5) is 62.6 Å². The van der Waals surface area contributed by atoms with Crippen molar-refractivity contribution in [2.45, 2.75) is 69.2 Å². The Kier molecular flexibility index (Phi) is 12.5. The SMILES string of the molecule is Cc1ccc(N(C)c2ccc3oc4ccc(N(c5ccc6oc7ccc(N(c8ccc9oc%10ccc(N(c%11ccc(C)cc%11C)c%11ccc(C)cc%11C)cc%10c9c8)c8ccc(C)cc8C)cc7c6c5)c5ccc(C)cc5C)cc4c3c2)c(C)c1. The second-order valence-electron chi connectivity index (χ2n) is 23.4. The fourth-order valence-electron chi connectivity index (χ4n) is 13.0.